The van der Waals surface area contributed by atoms with Crippen LogP contribution in [0.4, 0.5) is 14.5 Å². The van der Waals surface area contributed by atoms with Gasteiger partial charge in [0.2, 0.25) is 5.91 Å². The minimum Gasteiger partial charge on any atom is -0.508 e. The van der Waals surface area contributed by atoms with Gasteiger partial charge in [0.25, 0.3) is 0 Å². The van der Waals surface area contributed by atoms with E-state index in [1.54, 1.807) is 41.3 Å². The fourth-order valence-electron chi connectivity index (χ4n) is 4.16. The van der Waals surface area contributed by atoms with Crippen molar-refractivity contribution in [1.82, 2.24) is 0 Å². The number of aromatic hydroxyl groups is 1. The van der Waals surface area contributed by atoms with Gasteiger partial charge in [-0.05, 0) is 78.4 Å². The number of hydrogen-bond acceptors (Lipinski definition) is 2. The van der Waals surface area contributed by atoms with Gasteiger partial charge in [0.1, 0.15) is 17.4 Å². The van der Waals surface area contributed by atoms with Crippen molar-refractivity contribution < 1.29 is 18.7 Å². The average Bonchev–Trinajstić information content (AvgIpc) is 2.74. The van der Waals surface area contributed by atoms with Gasteiger partial charge in [0, 0.05) is 5.69 Å². The van der Waals surface area contributed by atoms with Gasteiger partial charge in [-0.25, -0.2) is 8.78 Å². The van der Waals surface area contributed by atoms with Crippen LogP contribution in [0.1, 0.15) is 42.9 Å². The molecule has 0 aromatic heterocycles. The number of benzene rings is 3. The molecule has 0 bridgehead atoms. The minimum atomic E-state index is -0.349. The molecule has 1 saturated heterocycles. The van der Waals surface area contributed by atoms with Crippen molar-refractivity contribution in [2.45, 2.75) is 31.7 Å². The van der Waals surface area contributed by atoms with E-state index in [4.69, 9.17) is 0 Å². The molecule has 3 nitrogen and oxygen atoms in total. The first-order chi connectivity index (χ1) is 14.4. The fraction of sp³-hybridized carbons (Fsp3) is 0.240. The molecule has 154 valence electrons. The molecule has 1 aliphatic rings. The molecule has 3 atom stereocenters. The lowest BCUT2D eigenvalue weighted by atomic mass is 9.77. The quantitative estimate of drug-likeness (QED) is 0.512. The number of phenolic OH excluding ortho intramolecular Hbond substituents is 1. The van der Waals surface area contributed by atoms with E-state index in [-0.39, 0.29) is 41.2 Å². The largest absolute Gasteiger partial charge is 0.508 e. The summed E-state index contributed by atoms with van der Waals surface area (Å²) in [6.45, 7) is 2.07. The number of halogens is 2. The SMILES string of the molecule is C[C@@H](CC[C@H]1C(=O)N(c2ccc(F)cc2)[C@@H]1c1ccc(O)cc1)c1ccc(F)cc1. The zero-order chi connectivity index (χ0) is 21.3. The molecule has 0 aliphatic carbocycles. The molecular formula is C25H23F2NO2. The summed E-state index contributed by atoms with van der Waals surface area (Å²) in [6.07, 6.45) is 1.47. The second-order valence-electron chi connectivity index (χ2n) is 7.86. The normalized spacial score (nSPS) is 19.4. The average molecular weight is 407 g/mol. The van der Waals surface area contributed by atoms with Crippen molar-refractivity contribution in [3.8, 4) is 5.75 Å². The van der Waals surface area contributed by atoms with Crippen molar-refractivity contribution in [1.29, 1.82) is 0 Å². The molecule has 1 heterocycles. The maximum absolute atomic E-state index is 13.4. The number of anilines is 1. The zero-order valence-corrected chi connectivity index (χ0v) is 16.6. The van der Waals surface area contributed by atoms with Gasteiger partial charge in [0.05, 0.1) is 12.0 Å². The van der Waals surface area contributed by atoms with E-state index in [2.05, 4.69) is 6.92 Å². The second kappa shape index (κ2) is 8.27. The Morgan fingerprint density at radius 3 is 2.07 bits per heavy atom. The lowest BCUT2D eigenvalue weighted by Gasteiger charge is -2.48. The van der Waals surface area contributed by atoms with E-state index < -0.39 is 0 Å². The summed E-state index contributed by atoms with van der Waals surface area (Å²) in [5.74, 6) is -0.452. The van der Waals surface area contributed by atoms with Crippen LogP contribution in [0.25, 0.3) is 0 Å². The predicted octanol–water partition coefficient (Wildman–Crippen LogP) is 5.96. The number of hydrogen-bond donors (Lipinski definition) is 1. The molecule has 30 heavy (non-hydrogen) atoms. The highest BCUT2D eigenvalue weighted by atomic mass is 19.1. The van der Waals surface area contributed by atoms with E-state index in [1.807, 2.05) is 12.1 Å². The summed E-state index contributed by atoms with van der Waals surface area (Å²) in [4.78, 5) is 14.7. The first kappa shape index (κ1) is 20.1. The summed E-state index contributed by atoms with van der Waals surface area (Å²) in [5.41, 5.74) is 2.62. The van der Waals surface area contributed by atoms with Crippen molar-refractivity contribution in [3.05, 3.63) is 95.6 Å². The Morgan fingerprint density at radius 1 is 0.900 bits per heavy atom. The molecule has 4 rings (SSSR count). The van der Waals surface area contributed by atoms with Crippen molar-refractivity contribution >= 4 is 11.6 Å². The Labute approximate surface area is 174 Å². The number of rotatable bonds is 6. The van der Waals surface area contributed by atoms with Gasteiger partial charge < -0.3 is 10.0 Å². The highest BCUT2D eigenvalue weighted by molar-refractivity contribution is 6.03. The number of carbonyl (C=O) groups is 1. The van der Waals surface area contributed by atoms with Crippen LogP contribution in [0.15, 0.2) is 72.8 Å². The molecule has 1 aliphatic heterocycles. The predicted molar refractivity (Wildman–Crippen MR) is 112 cm³/mol. The van der Waals surface area contributed by atoms with Crippen molar-refractivity contribution in [2.24, 2.45) is 5.92 Å². The molecule has 0 radical (unpaired) electrons. The van der Waals surface area contributed by atoms with Crippen LogP contribution in [0, 0.1) is 17.6 Å². The van der Waals surface area contributed by atoms with Crippen LogP contribution in [0.2, 0.25) is 0 Å². The topological polar surface area (TPSA) is 40.5 Å². The number of amides is 1. The Morgan fingerprint density at radius 2 is 1.47 bits per heavy atom. The van der Waals surface area contributed by atoms with Gasteiger partial charge in [-0.15, -0.1) is 0 Å². The second-order valence-corrected chi connectivity index (χ2v) is 7.86. The Hall–Kier alpha value is -3.21. The molecule has 3 aromatic carbocycles. The number of β-lactam (4-membered cyclic amide) rings is 1. The molecule has 0 saturated carbocycles. The van der Waals surface area contributed by atoms with Crippen LogP contribution >= 0.6 is 0 Å². The molecular weight excluding hydrogens is 384 g/mol. The fourth-order valence-corrected chi connectivity index (χ4v) is 4.16. The molecule has 1 fully saturated rings. The minimum absolute atomic E-state index is 0.00555. The van der Waals surface area contributed by atoms with Crippen molar-refractivity contribution in [3.63, 3.8) is 0 Å². The van der Waals surface area contributed by atoms with E-state index in [0.717, 1.165) is 17.5 Å². The van der Waals surface area contributed by atoms with Gasteiger partial charge in [-0.2, -0.15) is 0 Å². The molecule has 1 amide bonds. The summed E-state index contributed by atoms with van der Waals surface area (Å²) in [5, 5.41) is 9.63. The van der Waals surface area contributed by atoms with Crippen LogP contribution in [0.5, 0.6) is 5.75 Å². The first-order valence-corrected chi connectivity index (χ1v) is 10.1. The lowest BCUT2D eigenvalue weighted by Crippen LogP contribution is -2.55. The summed E-state index contributed by atoms with van der Waals surface area (Å²) in [7, 11) is 0. The molecule has 0 unspecified atom stereocenters. The number of nitrogens with zero attached hydrogens (tertiary/aromatic N) is 1. The van der Waals surface area contributed by atoms with E-state index in [9.17, 15) is 18.7 Å². The summed E-state index contributed by atoms with van der Waals surface area (Å²) in [6, 6.07) is 19.1. The monoisotopic (exact) mass is 407 g/mol. The van der Waals surface area contributed by atoms with Crippen LogP contribution in [-0.2, 0) is 4.79 Å². The highest BCUT2D eigenvalue weighted by Gasteiger charge is 2.48. The Kier molecular flexibility index (Phi) is 5.53. The van der Waals surface area contributed by atoms with E-state index >= 15 is 0 Å². The molecule has 0 spiro atoms. The summed E-state index contributed by atoms with van der Waals surface area (Å²) >= 11 is 0. The Bertz CT molecular complexity index is 1020. The number of phenols is 1. The third kappa shape index (κ3) is 3.92. The van der Waals surface area contributed by atoms with E-state index in [0.29, 0.717) is 12.1 Å². The first-order valence-electron chi connectivity index (χ1n) is 10.1. The van der Waals surface area contributed by atoms with Crippen LogP contribution in [0.3, 0.4) is 0 Å². The standard InChI is InChI=1S/C25H23F2NO2/c1-16(17-3-7-19(26)8-4-17)2-15-23-24(18-5-13-22(29)14-6-18)28(25(23)30)21-11-9-20(27)10-12-21/h3-14,16,23-24,29H,2,15H2,1H3/t16-,23+,24+/m0/s1. The lowest BCUT2D eigenvalue weighted by molar-refractivity contribution is -0.130. The molecule has 5 heteroatoms. The Balaban J connectivity index is 1.55. The maximum Gasteiger partial charge on any atom is 0.233 e. The maximum atomic E-state index is 13.4. The van der Waals surface area contributed by atoms with Gasteiger partial charge in [-0.1, -0.05) is 31.2 Å². The smallest absolute Gasteiger partial charge is 0.233 e. The highest BCUT2D eigenvalue weighted by Crippen LogP contribution is 2.46. The summed E-state index contributed by atoms with van der Waals surface area (Å²) < 4.78 is 26.5. The van der Waals surface area contributed by atoms with Crippen molar-refractivity contribution in [2.75, 3.05) is 4.90 Å². The third-order valence-corrected chi connectivity index (χ3v) is 5.90. The van der Waals surface area contributed by atoms with Gasteiger partial charge in [0.15, 0.2) is 0 Å². The van der Waals surface area contributed by atoms with Crippen LogP contribution in [-0.4, -0.2) is 11.0 Å². The zero-order valence-electron chi connectivity index (χ0n) is 16.6. The molecule has 3 aromatic rings. The van der Waals surface area contributed by atoms with Crippen LogP contribution < -0.4 is 4.90 Å². The van der Waals surface area contributed by atoms with Gasteiger partial charge >= 0.3 is 0 Å². The van der Waals surface area contributed by atoms with E-state index in [1.165, 1.54) is 24.3 Å². The van der Waals surface area contributed by atoms with Gasteiger partial charge in [-0.3, -0.25) is 4.79 Å². The molecule has 1 N–H and O–H groups in total. The number of carbonyl (C=O) groups excluding carboxylic acids is 1. The third-order valence-electron chi connectivity index (χ3n) is 5.90.